The van der Waals surface area contributed by atoms with Crippen LogP contribution in [-0.4, -0.2) is 30.3 Å². The van der Waals surface area contributed by atoms with Crippen molar-refractivity contribution in [3.05, 3.63) is 199 Å². The first-order chi connectivity index (χ1) is 26.8. The molecule has 0 N–H and O–H groups in total. The summed E-state index contributed by atoms with van der Waals surface area (Å²) >= 11 is 0. The van der Waals surface area contributed by atoms with Gasteiger partial charge < -0.3 is 4.57 Å². The molecule has 0 amide bonds. The largest absolute Gasteiger partial charge is 0.317 e. The van der Waals surface area contributed by atoms with E-state index in [9.17, 15) is 0 Å². The number of rotatable bonds is 6. The van der Waals surface area contributed by atoms with Crippen LogP contribution in [0.1, 0.15) is 22.7 Å². The summed E-state index contributed by atoms with van der Waals surface area (Å²) in [6, 6.07) is 58.1. The van der Waals surface area contributed by atoms with Crippen LogP contribution >= 0.6 is 0 Å². The zero-order chi connectivity index (χ0) is 35.6. The highest BCUT2D eigenvalue weighted by Crippen LogP contribution is 2.40. The average Bonchev–Trinajstić information content (AvgIpc) is 4.05. The first-order valence-electron chi connectivity index (χ1n) is 18.2. The molecule has 6 heteroatoms. The van der Waals surface area contributed by atoms with E-state index in [0.717, 1.165) is 66.7 Å². The van der Waals surface area contributed by atoms with Gasteiger partial charge in [-0.3, -0.25) is 4.99 Å². The van der Waals surface area contributed by atoms with Crippen molar-refractivity contribution in [2.75, 3.05) is 0 Å². The molecule has 7 aromatic carbocycles. The van der Waals surface area contributed by atoms with Gasteiger partial charge in [0, 0.05) is 40.0 Å². The quantitative estimate of drug-likeness (QED) is 0.174. The van der Waals surface area contributed by atoms with Crippen molar-refractivity contribution in [2.45, 2.75) is 6.04 Å². The minimum absolute atomic E-state index is 0.00865. The lowest BCUT2D eigenvalue weighted by Crippen LogP contribution is -2.05. The van der Waals surface area contributed by atoms with Crippen LogP contribution in [0.4, 0.5) is 0 Å². The van der Waals surface area contributed by atoms with Gasteiger partial charge in [0.1, 0.15) is 6.04 Å². The molecule has 0 radical (unpaired) electrons. The van der Waals surface area contributed by atoms with E-state index in [2.05, 4.69) is 184 Å². The number of para-hydroxylation sites is 3. The van der Waals surface area contributed by atoms with Crippen molar-refractivity contribution in [3.8, 4) is 39.3 Å². The molecule has 11 rings (SSSR count). The predicted octanol–water partition coefficient (Wildman–Crippen LogP) is 11.2. The summed E-state index contributed by atoms with van der Waals surface area (Å²) in [6.45, 7) is 0. The molecule has 54 heavy (non-hydrogen) atoms. The van der Waals surface area contributed by atoms with Gasteiger partial charge in [0.15, 0.2) is 0 Å². The molecule has 0 aliphatic carbocycles. The van der Waals surface area contributed by atoms with Crippen molar-refractivity contribution in [3.63, 3.8) is 0 Å². The second kappa shape index (κ2) is 12.1. The molecule has 4 heterocycles. The molecule has 6 nitrogen and oxygen atoms in total. The van der Waals surface area contributed by atoms with E-state index in [1.165, 1.54) is 22.0 Å². The Hall–Kier alpha value is -7.31. The van der Waals surface area contributed by atoms with Crippen LogP contribution in [0, 0.1) is 0 Å². The Labute approximate surface area is 311 Å². The van der Waals surface area contributed by atoms with Gasteiger partial charge in [-0.25, -0.2) is 9.36 Å². The van der Waals surface area contributed by atoms with Crippen LogP contribution in [0.25, 0.3) is 72.0 Å². The van der Waals surface area contributed by atoms with Crippen molar-refractivity contribution in [1.82, 2.24) is 24.1 Å². The Kier molecular flexibility index (Phi) is 6.82. The highest BCUT2D eigenvalue weighted by Gasteiger charge is 2.22. The lowest BCUT2D eigenvalue weighted by Gasteiger charge is -2.19. The minimum atomic E-state index is -0.00865. The minimum Gasteiger partial charge on any atom is -0.317 e. The average molecular weight is 693 g/mol. The number of aromatic nitrogens is 5. The molecular formula is C48H32N6. The van der Waals surface area contributed by atoms with Crippen molar-refractivity contribution < 1.29 is 0 Å². The predicted molar refractivity (Wildman–Crippen MR) is 219 cm³/mol. The number of benzene rings is 7. The summed E-state index contributed by atoms with van der Waals surface area (Å²) < 4.78 is 6.39. The molecule has 1 aliphatic rings. The Morgan fingerprint density at radius 2 is 1.00 bits per heavy atom. The number of hydrogen-bond acceptors (Lipinski definition) is 3. The maximum Gasteiger partial charge on any atom is 0.101 e. The van der Waals surface area contributed by atoms with E-state index in [-0.39, 0.29) is 6.04 Å². The van der Waals surface area contributed by atoms with Crippen LogP contribution in [0.3, 0.4) is 0 Å². The van der Waals surface area contributed by atoms with Gasteiger partial charge in [-0.05, 0) is 81.7 Å². The first-order valence-corrected chi connectivity index (χ1v) is 18.2. The standard InChI is InChI=1S/C48H32N6/c1-5-13-40-36(10-1)29-49-48(40)35-19-17-32(18-20-35)41-27-47(54-45-16-8-4-12-38(45)31-51-54)42(28-46(41)53-44-15-7-3-11-37(44)30-50-53)33-21-23-39(24-22-33)52-26-25-34-9-2-6-14-43(34)52/h1-31,48H. The Morgan fingerprint density at radius 3 is 1.65 bits per heavy atom. The zero-order valence-electron chi connectivity index (χ0n) is 29.2. The Balaban J connectivity index is 1.12. The van der Waals surface area contributed by atoms with Gasteiger partial charge in [-0.2, -0.15) is 10.2 Å². The molecule has 0 bridgehead atoms. The SMILES string of the molecule is C1=NC(c2ccc(-c3cc(-n4ncc5ccccc54)c(-c4ccc(-n5ccc6ccccc65)cc4)cc3-n3ncc4ccccc43)cc2)c2ccccc21. The summed E-state index contributed by atoms with van der Waals surface area (Å²) in [5, 5.41) is 13.4. The Morgan fingerprint density at radius 1 is 0.463 bits per heavy atom. The van der Waals surface area contributed by atoms with Gasteiger partial charge in [0.25, 0.3) is 0 Å². The molecule has 10 aromatic rings. The lowest BCUT2D eigenvalue weighted by molar-refractivity contribution is 0.895. The Bertz CT molecular complexity index is 3050. The summed E-state index contributed by atoms with van der Waals surface area (Å²) in [5.74, 6) is 0. The van der Waals surface area contributed by atoms with Gasteiger partial charge in [-0.1, -0.05) is 115 Å². The monoisotopic (exact) mass is 692 g/mol. The lowest BCUT2D eigenvalue weighted by atomic mass is 9.93. The summed E-state index contributed by atoms with van der Waals surface area (Å²) in [7, 11) is 0. The highest BCUT2D eigenvalue weighted by atomic mass is 15.3. The van der Waals surface area contributed by atoms with E-state index in [4.69, 9.17) is 15.2 Å². The fraction of sp³-hybridized carbons (Fsp3) is 0.0208. The molecule has 0 saturated heterocycles. The van der Waals surface area contributed by atoms with Gasteiger partial charge >= 0.3 is 0 Å². The smallest absolute Gasteiger partial charge is 0.101 e. The topological polar surface area (TPSA) is 52.9 Å². The normalized spacial score (nSPS) is 13.7. The molecule has 0 saturated carbocycles. The second-order valence-electron chi connectivity index (χ2n) is 13.8. The van der Waals surface area contributed by atoms with E-state index >= 15 is 0 Å². The van der Waals surface area contributed by atoms with Gasteiger partial charge in [0.05, 0.1) is 40.3 Å². The van der Waals surface area contributed by atoms with Crippen LogP contribution in [0.2, 0.25) is 0 Å². The molecular weight excluding hydrogens is 661 g/mol. The highest BCUT2D eigenvalue weighted by molar-refractivity contribution is 5.91. The first kappa shape index (κ1) is 30.3. The molecule has 0 fully saturated rings. The third-order valence-corrected chi connectivity index (χ3v) is 10.8. The van der Waals surface area contributed by atoms with Gasteiger partial charge in [0.2, 0.25) is 0 Å². The van der Waals surface area contributed by atoms with Crippen molar-refractivity contribution >= 4 is 38.9 Å². The van der Waals surface area contributed by atoms with E-state index in [1.807, 2.05) is 18.6 Å². The molecule has 1 atom stereocenters. The number of fused-ring (bicyclic) bond motifs is 4. The number of hydrogen-bond donors (Lipinski definition) is 0. The second-order valence-corrected chi connectivity index (χ2v) is 13.8. The summed E-state index contributed by atoms with van der Waals surface area (Å²) in [4.78, 5) is 4.88. The van der Waals surface area contributed by atoms with E-state index < -0.39 is 0 Å². The van der Waals surface area contributed by atoms with E-state index in [0.29, 0.717) is 0 Å². The van der Waals surface area contributed by atoms with Gasteiger partial charge in [-0.15, -0.1) is 0 Å². The van der Waals surface area contributed by atoms with Crippen LogP contribution in [0.5, 0.6) is 0 Å². The molecule has 0 spiro atoms. The molecule has 1 aliphatic heterocycles. The third kappa shape index (κ3) is 4.85. The number of nitrogens with zero attached hydrogens (tertiary/aromatic N) is 6. The fourth-order valence-electron chi connectivity index (χ4n) is 8.05. The number of aliphatic imine (C=N–C) groups is 1. The molecule has 3 aromatic heterocycles. The van der Waals surface area contributed by atoms with Crippen LogP contribution in [0.15, 0.2) is 187 Å². The third-order valence-electron chi connectivity index (χ3n) is 10.8. The van der Waals surface area contributed by atoms with Crippen molar-refractivity contribution in [1.29, 1.82) is 0 Å². The molecule has 254 valence electrons. The maximum atomic E-state index is 4.98. The zero-order valence-corrected chi connectivity index (χ0v) is 29.2. The van der Waals surface area contributed by atoms with Crippen LogP contribution < -0.4 is 0 Å². The fourth-order valence-corrected chi connectivity index (χ4v) is 8.05. The summed E-state index contributed by atoms with van der Waals surface area (Å²) in [5.41, 5.74) is 14.2. The van der Waals surface area contributed by atoms with Crippen LogP contribution in [-0.2, 0) is 0 Å². The molecule has 1 unspecified atom stereocenters. The van der Waals surface area contributed by atoms with E-state index in [1.54, 1.807) is 0 Å². The van der Waals surface area contributed by atoms with Crippen molar-refractivity contribution in [2.24, 2.45) is 4.99 Å². The summed E-state index contributed by atoms with van der Waals surface area (Å²) in [6.07, 6.45) is 8.02. The maximum absolute atomic E-state index is 4.98.